The van der Waals surface area contributed by atoms with Crippen molar-refractivity contribution in [2.45, 2.75) is 0 Å². The third-order valence-corrected chi connectivity index (χ3v) is 0.319. The van der Waals surface area contributed by atoms with Gasteiger partial charge in [0.1, 0.15) is 0 Å². The Labute approximate surface area is 38.8 Å². The van der Waals surface area contributed by atoms with Crippen molar-refractivity contribution < 1.29 is 29.8 Å². The van der Waals surface area contributed by atoms with Crippen LogP contribution in [0.15, 0.2) is 0 Å². The second-order valence-electron chi connectivity index (χ2n) is 0.572. The van der Waals surface area contributed by atoms with Gasteiger partial charge >= 0.3 is 7.82 Å². The number of hydrogen-bond donors (Lipinski definition) is 3. The summed E-state index contributed by atoms with van der Waals surface area (Å²) in [5, 5.41) is 7.14. The first-order chi connectivity index (χ1) is 2.56. The highest BCUT2D eigenvalue weighted by molar-refractivity contribution is 7.46. The quantitative estimate of drug-likeness (QED) is 0.234. The molecule has 0 radical (unpaired) electrons. The Balaban J connectivity index is 0. The maximum atomic E-state index is 9.22. The van der Waals surface area contributed by atoms with Crippen LogP contribution in [0.5, 0.6) is 0 Å². The first-order valence-electron chi connectivity index (χ1n) is 0.948. The van der Waals surface area contributed by atoms with Crippen LogP contribution in [0.4, 0.5) is 0 Å². The van der Waals surface area contributed by atoms with E-state index in [4.69, 9.17) is 15.0 Å². The lowest BCUT2D eigenvalue weighted by molar-refractivity contribution is -0.158. The maximum absolute atomic E-state index is 9.22. The summed E-state index contributed by atoms with van der Waals surface area (Å²) < 4.78 is 11.8. The molecule has 0 aliphatic carbocycles. The number of phosphoric acid groups is 1. The molecule has 0 fully saturated rings. The fraction of sp³-hybridized carbons (Fsp3) is 0. The zero-order valence-electron chi connectivity index (χ0n) is 3.11. The maximum Gasteiger partial charge on any atom is 0.496 e. The highest BCUT2D eigenvalue weighted by Gasteiger charge is 2.10. The Kier molecular flexibility index (Phi) is 4.46. The average molecular weight is 132 g/mol. The smallest absolute Gasteiger partial charge is 0.412 e. The fourth-order valence-corrected chi connectivity index (χ4v) is 0. The molecule has 6 nitrogen and oxygen atoms in total. The molecule has 0 bridgehead atoms. The second kappa shape index (κ2) is 3.09. The van der Waals surface area contributed by atoms with Crippen molar-refractivity contribution in [3.63, 3.8) is 0 Å². The number of hydrogen-bond acceptors (Lipinski definition) is 3. The van der Waals surface area contributed by atoms with Crippen LogP contribution in [-0.4, -0.2) is 20.5 Å². The largest absolute Gasteiger partial charge is 0.496 e. The molecule has 0 aliphatic heterocycles. The van der Waals surface area contributed by atoms with Crippen molar-refractivity contribution in [3.8, 4) is 0 Å². The minimum atomic E-state index is -4.59. The van der Waals surface area contributed by atoms with Crippen LogP contribution in [0.2, 0.25) is 0 Å². The van der Waals surface area contributed by atoms with Crippen LogP contribution in [-0.2, 0) is 9.24 Å². The highest BCUT2D eigenvalue weighted by atomic mass is 31.2. The van der Waals surface area contributed by atoms with E-state index in [-0.39, 0.29) is 5.48 Å². The molecule has 0 saturated heterocycles. The lowest BCUT2D eigenvalue weighted by Crippen LogP contribution is -1.77. The summed E-state index contributed by atoms with van der Waals surface area (Å²) >= 11 is 0. The molecule has 7 heteroatoms. The molecule has 0 aliphatic rings. The zero-order chi connectivity index (χ0) is 5.21. The predicted molar refractivity (Wildman–Crippen MR) is 19.4 cm³/mol. The molecule has 46 valence electrons. The topological polar surface area (TPSA) is 118 Å². The molecule has 0 spiro atoms. The molecule has 5 N–H and O–H groups in total. The van der Waals surface area contributed by atoms with Gasteiger partial charge in [-0.05, 0) is 0 Å². The monoisotopic (exact) mass is 132 g/mol. The number of rotatable bonds is 1. The third-order valence-electron chi connectivity index (χ3n) is 0.106. The van der Waals surface area contributed by atoms with E-state index in [1.807, 2.05) is 0 Å². The molecule has 0 rings (SSSR count). The summed E-state index contributed by atoms with van der Waals surface area (Å²) in [4.78, 5) is 14.9. The van der Waals surface area contributed by atoms with Crippen LogP contribution in [0.1, 0.15) is 0 Å². The van der Waals surface area contributed by atoms with Gasteiger partial charge in [0.05, 0.1) is 0 Å². The predicted octanol–water partition coefficient (Wildman–Crippen LogP) is -1.26. The summed E-state index contributed by atoms with van der Waals surface area (Å²) in [7, 11) is -4.59. The molecule has 0 aromatic carbocycles. The second-order valence-corrected chi connectivity index (χ2v) is 1.72. The fourth-order valence-electron chi connectivity index (χ4n) is 0. The van der Waals surface area contributed by atoms with Crippen LogP contribution >= 0.6 is 7.82 Å². The Bertz CT molecular complexity index is 68.2. The van der Waals surface area contributed by atoms with Gasteiger partial charge in [-0.2, -0.15) is 0 Å². The minimum absolute atomic E-state index is 0. The van der Waals surface area contributed by atoms with Gasteiger partial charge in [-0.25, -0.2) is 9.82 Å². The van der Waals surface area contributed by atoms with Gasteiger partial charge in [0.15, 0.2) is 0 Å². The molecule has 0 saturated carbocycles. The van der Waals surface area contributed by atoms with Gasteiger partial charge in [-0.15, -0.1) is 4.67 Å². The Morgan fingerprint density at radius 1 is 1.43 bits per heavy atom. The van der Waals surface area contributed by atoms with Crippen LogP contribution in [0.3, 0.4) is 0 Å². The van der Waals surface area contributed by atoms with Crippen molar-refractivity contribution in [1.29, 1.82) is 0 Å². The van der Waals surface area contributed by atoms with E-state index in [9.17, 15) is 4.57 Å². The summed E-state index contributed by atoms with van der Waals surface area (Å²) in [6, 6.07) is 0. The van der Waals surface area contributed by atoms with Crippen molar-refractivity contribution in [2.24, 2.45) is 0 Å². The van der Waals surface area contributed by atoms with E-state index >= 15 is 0 Å². The van der Waals surface area contributed by atoms with Crippen molar-refractivity contribution in [2.75, 3.05) is 0 Å². The standard InChI is InChI=1S/H3O5P.H2O/c1-5-6(2,3)4;/h1H,(H2,2,3,4);1H2. The molecule has 0 heterocycles. The van der Waals surface area contributed by atoms with Gasteiger partial charge in [0, 0.05) is 0 Å². The minimum Gasteiger partial charge on any atom is -0.412 e. The van der Waals surface area contributed by atoms with Crippen molar-refractivity contribution >= 4 is 7.82 Å². The Morgan fingerprint density at radius 3 is 1.57 bits per heavy atom. The Morgan fingerprint density at radius 2 is 1.57 bits per heavy atom. The molecular weight excluding hydrogens is 127 g/mol. The van der Waals surface area contributed by atoms with E-state index < -0.39 is 7.82 Å². The van der Waals surface area contributed by atoms with E-state index in [1.54, 1.807) is 0 Å². The summed E-state index contributed by atoms with van der Waals surface area (Å²) in [6.07, 6.45) is 0. The van der Waals surface area contributed by atoms with Crippen molar-refractivity contribution in [3.05, 3.63) is 0 Å². The van der Waals surface area contributed by atoms with Crippen LogP contribution in [0, 0.1) is 0 Å². The van der Waals surface area contributed by atoms with Gasteiger partial charge in [-0.3, -0.25) is 0 Å². The average Bonchev–Trinajstić information content (AvgIpc) is 1.35. The lowest BCUT2D eigenvalue weighted by Gasteiger charge is -1.90. The molecule has 0 unspecified atom stereocenters. The third kappa shape index (κ3) is 10.7. The van der Waals surface area contributed by atoms with Gasteiger partial charge < -0.3 is 15.3 Å². The van der Waals surface area contributed by atoms with E-state index in [0.29, 0.717) is 0 Å². The SMILES string of the molecule is O.O=P(O)(O)OO. The Hall–Kier alpha value is 0.0300. The van der Waals surface area contributed by atoms with Gasteiger partial charge in [-0.1, -0.05) is 0 Å². The molecule has 0 aromatic heterocycles. The first kappa shape index (κ1) is 10.1. The van der Waals surface area contributed by atoms with Crippen molar-refractivity contribution in [1.82, 2.24) is 0 Å². The van der Waals surface area contributed by atoms with E-state index in [0.717, 1.165) is 0 Å². The highest BCUT2D eigenvalue weighted by Crippen LogP contribution is 2.33. The molecule has 0 aromatic rings. The first-order valence-corrected chi connectivity index (χ1v) is 2.48. The molecular formula is H5O6P. The van der Waals surface area contributed by atoms with Crippen LogP contribution < -0.4 is 0 Å². The summed E-state index contributed by atoms with van der Waals surface area (Å²) in [5.41, 5.74) is 0. The summed E-state index contributed by atoms with van der Waals surface area (Å²) in [6.45, 7) is 0. The molecule has 0 atom stereocenters. The molecule has 0 amide bonds. The van der Waals surface area contributed by atoms with Gasteiger partial charge in [0.25, 0.3) is 0 Å². The normalized spacial score (nSPS) is 10.1. The van der Waals surface area contributed by atoms with E-state index in [2.05, 4.69) is 4.67 Å². The van der Waals surface area contributed by atoms with Gasteiger partial charge in [0.2, 0.25) is 0 Å². The lowest BCUT2D eigenvalue weighted by atomic mass is 15.0. The molecule has 7 heavy (non-hydrogen) atoms. The zero-order valence-corrected chi connectivity index (χ0v) is 4.00. The van der Waals surface area contributed by atoms with Crippen LogP contribution in [0.25, 0.3) is 0 Å². The van der Waals surface area contributed by atoms with E-state index in [1.165, 1.54) is 0 Å². The summed E-state index contributed by atoms with van der Waals surface area (Å²) in [5.74, 6) is 0.